The number of nitrogens with one attached hydrogen (secondary N) is 1. The van der Waals surface area contributed by atoms with Crippen LogP contribution in [0.3, 0.4) is 0 Å². The SMILES string of the molecule is C=CCNC(=O)[C@H]1C[C@@H]1c1ccc(-c2cc3nc(C(=O)N4CCc5ccccc5[C@H]4C)cc(C4CC4)n3n2)c(F)c1. The van der Waals surface area contributed by atoms with E-state index in [-0.39, 0.29) is 35.5 Å². The van der Waals surface area contributed by atoms with Crippen LogP contribution >= 0.6 is 0 Å². The second kappa shape index (κ2) is 9.94. The van der Waals surface area contributed by atoms with Crippen LogP contribution in [0.25, 0.3) is 16.9 Å². The van der Waals surface area contributed by atoms with Crippen molar-refractivity contribution >= 4 is 17.5 Å². The largest absolute Gasteiger partial charge is 0.352 e. The number of carbonyl (C=O) groups is 2. The van der Waals surface area contributed by atoms with Gasteiger partial charge in [0.15, 0.2) is 5.65 Å². The Morgan fingerprint density at radius 3 is 2.76 bits per heavy atom. The highest BCUT2D eigenvalue weighted by atomic mass is 19.1. The predicted molar refractivity (Wildman–Crippen MR) is 154 cm³/mol. The van der Waals surface area contributed by atoms with Crippen LogP contribution in [0.5, 0.6) is 0 Å². The Labute approximate surface area is 238 Å². The molecule has 3 aliphatic rings. The highest BCUT2D eigenvalue weighted by molar-refractivity contribution is 5.93. The van der Waals surface area contributed by atoms with Gasteiger partial charge < -0.3 is 10.2 Å². The second-order valence-corrected chi connectivity index (χ2v) is 11.5. The molecule has 0 radical (unpaired) electrons. The number of rotatable bonds is 7. The Morgan fingerprint density at radius 1 is 1.15 bits per heavy atom. The molecular weight excluding hydrogens is 517 g/mol. The maximum Gasteiger partial charge on any atom is 0.273 e. The molecule has 8 heteroatoms. The number of fused-ring (bicyclic) bond motifs is 2. The first kappa shape index (κ1) is 25.6. The van der Waals surface area contributed by atoms with Crippen molar-refractivity contribution in [3.8, 4) is 11.3 Å². The molecule has 2 saturated carbocycles. The lowest BCUT2D eigenvalue weighted by Crippen LogP contribution is -2.39. The first-order valence-corrected chi connectivity index (χ1v) is 14.4. The molecule has 4 aromatic rings. The molecule has 2 aromatic heterocycles. The molecule has 0 bridgehead atoms. The number of halogens is 1. The lowest BCUT2D eigenvalue weighted by Gasteiger charge is -2.35. The molecule has 7 nitrogen and oxygen atoms in total. The molecule has 0 spiro atoms. The summed E-state index contributed by atoms with van der Waals surface area (Å²) in [5, 5.41) is 7.57. The molecule has 3 heterocycles. The van der Waals surface area contributed by atoms with Crippen LogP contribution in [0.15, 0.2) is 67.3 Å². The minimum absolute atomic E-state index is 0.0188. The van der Waals surface area contributed by atoms with Crippen molar-refractivity contribution in [1.82, 2.24) is 24.8 Å². The van der Waals surface area contributed by atoms with Gasteiger partial charge in [-0.15, -0.1) is 6.58 Å². The summed E-state index contributed by atoms with van der Waals surface area (Å²) < 4.78 is 17.2. The van der Waals surface area contributed by atoms with Gasteiger partial charge in [0.05, 0.1) is 11.7 Å². The van der Waals surface area contributed by atoms with Gasteiger partial charge >= 0.3 is 0 Å². The van der Waals surface area contributed by atoms with Gasteiger partial charge in [0.25, 0.3) is 5.91 Å². The smallest absolute Gasteiger partial charge is 0.273 e. The molecule has 1 aliphatic heterocycles. The predicted octanol–water partition coefficient (Wildman–Crippen LogP) is 5.58. The molecule has 208 valence electrons. The summed E-state index contributed by atoms with van der Waals surface area (Å²) >= 11 is 0. The van der Waals surface area contributed by atoms with Crippen LogP contribution in [0, 0.1) is 11.7 Å². The van der Waals surface area contributed by atoms with Gasteiger partial charge in [0, 0.05) is 42.2 Å². The number of benzene rings is 2. The molecule has 7 rings (SSSR count). The highest BCUT2D eigenvalue weighted by Gasteiger charge is 2.44. The molecule has 2 aromatic carbocycles. The Hall–Kier alpha value is -4.33. The van der Waals surface area contributed by atoms with Crippen molar-refractivity contribution in [3.63, 3.8) is 0 Å². The first-order chi connectivity index (χ1) is 19.9. The van der Waals surface area contributed by atoms with Crippen molar-refractivity contribution in [1.29, 1.82) is 0 Å². The number of carbonyl (C=O) groups excluding carboxylic acids is 2. The van der Waals surface area contributed by atoms with Crippen LogP contribution in [0.4, 0.5) is 4.39 Å². The number of hydrogen-bond acceptors (Lipinski definition) is 4. The summed E-state index contributed by atoms with van der Waals surface area (Å²) in [7, 11) is 0. The average Bonchev–Trinajstić information content (AvgIpc) is 3.92. The minimum atomic E-state index is -0.381. The maximum atomic E-state index is 15.4. The van der Waals surface area contributed by atoms with E-state index in [2.05, 4.69) is 31.0 Å². The number of hydrogen-bond donors (Lipinski definition) is 1. The maximum absolute atomic E-state index is 15.4. The number of nitrogens with zero attached hydrogens (tertiary/aromatic N) is 4. The summed E-state index contributed by atoms with van der Waals surface area (Å²) in [5.74, 6) is -0.297. The fourth-order valence-electron chi connectivity index (χ4n) is 6.23. The highest BCUT2D eigenvalue weighted by Crippen LogP contribution is 2.48. The summed E-state index contributed by atoms with van der Waals surface area (Å²) in [6.45, 7) is 6.76. The fourth-order valence-corrected chi connectivity index (χ4v) is 6.23. The zero-order chi connectivity index (χ0) is 28.2. The first-order valence-electron chi connectivity index (χ1n) is 14.4. The second-order valence-electron chi connectivity index (χ2n) is 11.5. The van der Waals surface area contributed by atoms with Crippen LogP contribution in [-0.4, -0.2) is 44.4 Å². The summed E-state index contributed by atoms with van der Waals surface area (Å²) in [4.78, 5) is 32.7. The quantitative estimate of drug-likeness (QED) is 0.306. The van der Waals surface area contributed by atoms with Gasteiger partial charge in [0.1, 0.15) is 11.5 Å². The Kier molecular flexibility index (Phi) is 6.21. The normalized spacial score (nSPS) is 21.4. The van der Waals surface area contributed by atoms with Gasteiger partial charge in [-0.2, -0.15) is 5.10 Å². The third-order valence-corrected chi connectivity index (χ3v) is 8.77. The van der Waals surface area contributed by atoms with Crippen molar-refractivity contribution in [2.24, 2.45) is 5.92 Å². The zero-order valence-electron chi connectivity index (χ0n) is 23.0. The van der Waals surface area contributed by atoms with Gasteiger partial charge in [-0.3, -0.25) is 9.59 Å². The molecule has 2 amide bonds. The number of amides is 2. The van der Waals surface area contributed by atoms with Gasteiger partial charge in [-0.05, 0) is 73.4 Å². The molecule has 0 unspecified atom stereocenters. The lowest BCUT2D eigenvalue weighted by atomic mass is 9.93. The third kappa shape index (κ3) is 4.61. The molecule has 3 atom stereocenters. The molecule has 0 saturated heterocycles. The summed E-state index contributed by atoms with van der Waals surface area (Å²) in [6, 6.07) is 17.0. The fraction of sp³-hybridized carbons (Fsp3) is 0.333. The van der Waals surface area contributed by atoms with E-state index >= 15 is 4.39 Å². The van der Waals surface area contributed by atoms with Crippen LogP contribution in [0.1, 0.15) is 76.9 Å². The summed E-state index contributed by atoms with van der Waals surface area (Å²) in [6.07, 6.45) is 5.23. The Balaban J connectivity index is 1.18. The molecular formula is C33H32FN5O2. The molecule has 2 fully saturated rings. The third-order valence-electron chi connectivity index (χ3n) is 8.77. The van der Waals surface area contributed by atoms with Crippen LogP contribution in [-0.2, 0) is 11.2 Å². The molecule has 1 N–H and O–H groups in total. The van der Waals surface area contributed by atoms with E-state index in [0.29, 0.717) is 48.0 Å². The molecule has 2 aliphatic carbocycles. The van der Waals surface area contributed by atoms with E-state index < -0.39 is 0 Å². The lowest BCUT2D eigenvalue weighted by molar-refractivity contribution is -0.122. The van der Waals surface area contributed by atoms with Gasteiger partial charge in [-0.1, -0.05) is 36.4 Å². The van der Waals surface area contributed by atoms with Gasteiger partial charge in [-0.25, -0.2) is 13.9 Å². The van der Waals surface area contributed by atoms with Crippen LogP contribution < -0.4 is 5.32 Å². The Bertz CT molecular complexity index is 1710. The van der Waals surface area contributed by atoms with Crippen LogP contribution in [0.2, 0.25) is 0 Å². The van der Waals surface area contributed by atoms with Gasteiger partial charge in [0.2, 0.25) is 5.91 Å². The van der Waals surface area contributed by atoms with E-state index in [1.54, 1.807) is 22.7 Å². The van der Waals surface area contributed by atoms with Crippen molar-refractivity contribution in [2.45, 2.75) is 50.5 Å². The van der Waals surface area contributed by atoms with E-state index in [9.17, 15) is 9.59 Å². The molecule has 41 heavy (non-hydrogen) atoms. The Morgan fingerprint density at radius 2 is 1.98 bits per heavy atom. The van der Waals surface area contributed by atoms with Crippen molar-refractivity contribution in [3.05, 3.63) is 101 Å². The monoisotopic (exact) mass is 549 g/mol. The van der Waals surface area contributed by atoms with Crippen molar-refractivity contribution in [2.75, 3.05) is 13.1 Å². The van der Waals surface area contributed by atoms with E-state index in [1.807, 2.05) is 29.2 Å². The average molecular weight is 550 g/mol. The van der Waals surface area contributed by atoms with E-state index in [1.165, 1.54) is 17.2 Å². The topological polar surface area (TPSA) is 79.6 Å². The standard InChI is InChI=1S/C33H32FN5O2/c1-3-13-35-32(40)26-16-25(26)22-10-11-24(27(34)15-22)28-18-31-36-29(17-30(21-8-9-21)39(31)37-28)33(41)38-14-12-20-6-4-5-7-23(20)19(38)2/h3-7,10-11,15,17-19,21,25-26H,1,8-9,12-14,16H2,2H3,(H,35,40)/t19-,25-,26+/m1/s1. The van der Waals surface area contributed by atoms with Crippen molar-refractivity contribution < 1.29 is 14.0 Å². The van der Waals surface area contributed by atoms with E-state index in [0.717, 1.165) is 30.5 Å². The summed E-state index contributed by atoms with van der Waals surface area (Å²) in [5.41, 5.74) is 6.02. The zero-order valence-corrected chi connectivity index (χ0v) is 23.0. The van der Waals surface area contributed by atoms with E-state index in [4.69, 9.17) is 10.1 Å². The minimum Gasteiger partial charge on any atom is -0.352 e. The number of aromatic nitrogens is 3.